The summed E-state index contributed by atoms with van der Waals surface area (Å²) in [5.74, 6) is 0.366. The molecule has 1 amide bonds. The van der Waals surface area contributed by atoms with E-state index in [1.54, 1.807) is 25.1 Å². The van der Waals surface area contributed by atoms with Crippen molar-refractivity contribution in [2.75, 3.05) is 11.1 Å². The first-order valence-electron chi connectivity index (χ1n) is 6.77. The van der Waals surface area contributed by atoms with Crippen LogP contribution < -0.4 is 20.5 Å². The van der Waals surface area contributed by atoms with Gasteiger partial charge >= 0.3 is 0 Å². The number of hydrogen-bond acceptors (Lipinski definition) is 6. The van der Waals surface area contributed by atoms with Crippen LogP contribution in [0.3, 0.4) is 0 Å². The number of aromatic nitrogens is 2. The Labute approximate surface area is 127 Å². The number of aryl methyl sites for hydroxylation is 1. The number of nitrogen functional groups attached to an aromatic ring is 1. The minimum atomic E-state index is -0.702. The lowest BCUT2D eigenvalue weighted by Crippen LogP contribution is -2.29. The molecule has 0 radical (unpaired) electrons. The van der Waals surface area contributed by atoms with Gasteiger partial charge in [0.15, 0.2) is 11.5 Å². The van der Waals surface area contributed by atoms with Gasteiger partial charge in [0.25, 0.3) is 5.91 Å². The van der Waals surface area contributed by atoms with Crippen LogP contribution in [0.2, 0.25) is 0 Å². The lowest BCUT2D eigenvalue weighted by atomic mass is 10.2. The smallest absolute Gasteiger partial charge is 0.259 e. The number of nitrogens with one attached hydrogen (secondary N) is 1. The van der Waals surface area contributed by atoms with E-state index in [-0.39, 0.29) is 11.9 Å². The van der Waals surface area contributed by atoms with Gasteiger partial charge in [0, 0.05) is 31.8 Å². The molecule has 0 aliphatic carbocycles. The van der Waals surface area contributed by atoms with E-state index < -0.39 is 5.79 Å². The van der Waals surface area contributed by atoms with Crippen LogP contribution in [0.5, 0.6) is 11.5 Å². The second-order valence-electron chi connectivity index (χ2n) is 5.45. The first kappa shape index (κ1) is 14.1. The van der Waals surface area contributed by atoms with Gasteiger partial charge in [0.2, 0.25) is 11.7 Å². The second-order valence-corrected chi connectivity index (χ2v) is 5.45. The fraction of sp³-hybridized carbons (Fsp3) is 0.267. The van der Waals surface area contributed by atoms with Gasteiger partial charge in [-0.15, -0.1) is 0 Å². The fourth-order valence-electron chi connectivity index (χ4n) is 2.21. The maximum atomic E-state index is 12.3. The number of benzene rings is 1. The van der Waals surface area contributed by atoms with Crippen molar-refractivity contribution < 1.29 is 14.3 Å². The minimum absolute atomic E-state index is 0.138. The van der Waals surface area contributed by atoms with Crippen LogP contribution in [0, 0.1) is 6.92 Å². The normalized spacial score (nSPS) is 14.7. The Morgan fingerprint density at radius 3 is 2.73 bits per heavy atom. The summed E-state index contributed by atoms with van der Waals surface area (Å²) in [5.41, 5.74) is 6.97. The third-order valence-corrected chi connectivity index (χ3v) is 3.16. The van der Waals surface area contributed by atoms with E-state index >= 15 is 0 Å². The van der Waals surface area contributed by atoms with Crippen molar-refractivity contribution >= 4 is 17.5 Å². The van der Waals surface area contributed by atoms with Crippen molar-refractivity contribution in [3.8, 4) is 11.5 Å². The first-order chi connectivity index (χ1) is 10.3. The van der Waals surface area contributed by atoms with Crippen molar-refractivity contribution in [1.82, 2.24) is 9.97 Å². The van der Waals surface area contributed by atoms with Crippen LogP contribution in [-0.2, 0) is 0 Å². The van der Waals surface area contributed by atoms with Crippen molar-refractivity contribution in [3.05, 3.63) is 35.7 Å². The Hall–Kier alpha value is -2.83. The quantitative estimate of drug-likeness (QED) is 0.881. The number of anilines is 2. The van der Waals surface area contributed by atoms with E-state index in [4.69, 9.17) is 15.2 Å². The van der Waals surface area contributed by atoms with Crippen molar-refractivity contribution in [1.29, 1.82) is 0 Å². The maximum Gasteiger partial charge on any atom is 0.259 e. The molecule has 2 heterocycles. The average molecular weight is 300 g/mol. The standard InChI is InChI=1S/C15H16N4O3/c1-8-10(7-17-14(16)18-8)13(20)19-9-4-5-11-12(6-9)22-15(2,3)21-11/h4-7H,1-3H3,(H,19,20)(H2,16,17,18). The molecule has 0 saturated heterocycles. The molecule has 1 aliphatic heterocycles. The molecule has 0 saturated carbocycles. The second kappa shape index (κ2) is 4.87. The third-order valence-electron chi connectivity index (χ3n) is 3.16. The van der Waals surface area contributed by atoms with Gasteiger partial charge in [-0.25, -0.2) is 9.97 Å². The highest BCUT2D eigenvalue weighted by Crippen LogP contribution is 2.40. The van der Waals surface area contributed by atoms with E-state index in [2.05, 4.69) is 15.3 Å². The van der Waals surface area contributed by atoms with Crippen LogP contribution in [-0.4, -0.2) is 21.7 Å². The van der Waals surface area contributed by atoms with Crippen LogP contribution in [0.4, 0.5) is 11.6 Å². The molecule has 3 rings (SSSR count). The Balaban J connectivity index is 1.81. The number of nitrogens with zero attached hydrogens (tertiary/aromatic N) is 2. The number of nitrogens with two attached hydrogens (primary N) is 1. The Morgan fingerprint density at radius 1 is 1.27 bits per heavy atom. The van der Waals surface area contributed by atoms with Gasteiger partial charge in [-0.05, 0) is 19.1 Å². The van der Waals surface area contributed by atoms with Crippen LogP contribution in [0.1, 0.15) is 29.9 Å². The summed E-state index contributed by atoms with van der Waals surface area (Å²) >= 11 is 0. The molecule has 3 N–H and O–H groups in total. The molecule has 1 aliphatic rings. The highest BCUT2D eigenvalue weighted by molar-refractivity contribution is 6.05. The summed E-state index contributed by atoms with van der Waals surface area (Å²) in [6.45, 7) is 5.34. The zero-order chi connectivity index (χ0) is 15.9. The maximum absolute atomic E-state index is 12.3. The van der Waals surface area contributed by atoms with E-state index in [0.717, 1.165) is 0 Å². The summed E-state index contributed by atoms with van der Waals surface area (Å²) in [4.78, 5) is 20.1. The molecule has 1 aromatic heterocycles. The number of fused-ring (bicyclic) bond motifs is 1. The molecule has 0 fully saturated rings. The molecule has 114 valence electrons. The zero-order valence-corrected chi connectivity index (χ0v) is 12.5. The Morgan fingerprint density at radius 2 is 2.00 bits per heavy atom. The summed E-state index contributed by atoms with van der Waals surface area (Å²) in [6, 6.07) is 5.22. The SMILES string of the molecule is Cc1nc(N)ncc1C(=O)Nc1ccc2c(c1)OC(C)(C)O2. The van der Waals surface area contributed by atoms with Crippen molar-refractivity contribution in [2.24, 2.45) is 0 Å². The molecule has 0 unspecified atom stereocenters. The van der Waals surface area contributed by atoms with Gasteiger partial charge in [-0.3, -0.25) is 4.79 Å². The molecule has 7 nitrogen and oxygen atoms in total. The van der Waals surface area contributed by atoms with Crippen LogP contribution in [0.15, 0.2) is 24.4 Å². The average Bonchev–Trinajstić information content (AvgIpc) is 2.71. The molecule has 2 aromatic rings. The van der Waals surface area contributed by atoms with Crippen molar-refractivity contribution in [2.45, 2.75) is 26.6 Å². The van der Waals surface area contributed by atoms with Crippen LogP contribution >= 0.6 is 0 Å². The van der Waals surface area contributed by atoms with Crippen molar-refractivity contribution in [3.63, 3.8) is 0 Å². The molecule has 7 heteroatoms. The van der Waals surface area contributed by atoms with Gasteiger partial charge in [0.05, 0.1) is 11.3 Å². The molecule has 22 heavy (non-hydrogen) atoms. The highest BCUT2D eigenvalue weighted by atomic mass is 16.7. The van der Waals surface area contributed by atoms with Crippen LogP contribution in [0.25, 0.3) is 0 Å². The number of carbonyl (C=O) groups is 1. The minimum Gasteiger partial charge on any atom is -0.449 e. The molecule has 0 atom stereocenters. The summed E-state index contributed by atoms with van der Waals surface area (Å²) in [7, 11) is 0. The molecule has 0 spiro atoms. The highest BCUT2D eigenvalue weighted by Gasteiger charge is 2.31. The monoisotopic (exact) mass is 300 g/mol. The molecule has 1 aromatic carbocycles. The summed E-state index contributed by atoms with van der Waals surface area (Å²) in [6.07, 6.45) is 1.41. The molecular weight excluding hydrogens is 284 g/mol. The van der Waals surface area contributed by atoms with E-state index in [1.165, 1.54) is 6.20 Å². The first-order valence-corrected chi connectivity index (χ1v) is 6.77. The molecular formula is C15H16N4O3. The number of hydrogen-bond donors (Lipinski definition) is 2. The number of amides is 1. The topological polar surface area (TPSA) is 99.4 Å². The zero-order valence-electron chi connectivity index (χ0n) is 12.5. The largest absolute Gasteiger partial charge is 0.449 e. The van der Waals surface area contributed by atoms with Gasteiger partial charge in [-0.1, -0.05) is 0 Å². The number of rotatable bonds is 2. The predicted octanol–water partition coefficient (Wildman–Crippen LogP) is 2.13. The summed E-state index contributed by atoms with van der Waals surface area (Å²) < 4.78 is 11.2. The predicted molar refractivity (Wildman–Crippen MR) is 80.9 cm³/mol. The lowest BCUT2D eigenvalue weighted by Gasteiger charge is -2.16. The van der Waals surface area contributed by atoms with E-state index in [1.807, 2.05) is 13.8 Å². The summed E-state index contributed by atoms with van der Waals surface area (Å²) in [5, 5.41) is 2.78. The van der Waals surface area contributed by atoms with Gasteiger partial charge in [0.1, 0.15) is 0 Å². The Kier molecular flexibility index (Phi) is 3.13. The third kappa shape index (κ3) is 2.65. The molecule has 0 bridgehead atoms. The van der Waals surface area contributed by atoms with Gasteiger partial charge < -0.3 is 20.5 Å². The number of ether oxygens (including phenoxy) is 2. The lowest BCUT2D eigenvalue weighted by molar-refractivity contribution is -0.0431. The Bertz CT molecular complexity index is 758. The van der Waals surface area contributed by atoms with E-state index in [9.17, 15) is 4.79 Å². The van der Waals surface area contributed by atoms with E-state index in [0.29, 0.717) is 28.4 Å². The fourth-order valence-corrected chi connectivity index (χ4v) is 2.21. The van der Waals surface area contributed by atoms with Gasteiger partial charge in [-0.2, -0.15) is 0 Å². The number of carbonyl (C=O) groups excluding carboxylic acids is 1.